The minimum absolute atomic E-state index is 0.0824. The fraction of sp³-hybridized carbons (Fsp3) is 0.448. The van der Waals surface area contributed by atoms with Gasteiger partial charge in [0.25, 0.3) is 0 Å². The maximum absolute atomic E-state index is 12.8. The summed E-state index contributed by atoms with van der Waals surface area (Å²) in [7, 11) is 1.92. The van der Waals surface area contributed by atoms with Gasteiger partial charge in [-0.05, 0) is 55.5 Å². The lowest BCUT2D eigenvalue weighted by Gasteiger charge is -2.29. The van der Waals surface area contributed by atoms with Gasteiger partial charge in [-0.3, -0.25) is 19.3 Å². The summed E-state index contributed by atoms with van der Waals surface area (Å²) in [5.74, 6) is -0.820. The minimum atomic E-state index is -0.736. The van der Waals surface area contributed by atoms with Crippen LogP contribution in [0.4, 0.5) is 10.5 Å². The van der Waals surface area contributed by atoms with Gasteiger partial charge in [0, 0.05) is 25.7 Å². The number of carbonyl (C=O) groups is 4. The number of nitrogens with zero attached hydrogens (tertiary/aromatic N) is 1. The molecule has 2 atom stereocenters. The normalized spacial score (nSPS) is 12.5. The zero-order valence-electron chi connectivity index (χ0n) is 23.2. The second kappa shape index (κ2) is 16.1. The maximum Gasteiger partial charge on any atom is 0.323 e. The summed E-state index contributed by atoms with van der Waals surface area (Å²) >= 11 is 0. The Kier molecular flexibility index (Phi) is 12.9. The summed E-state index contributed by atoms with van der Waals surface area (Å²) in [5.41, 5.74) is 7.66. The summed E-state index contributed by atoms with van der Waals surface area (Å²) in [6.07, 6.45) is 1.53. The van der Waals surface area contributed by atoms with Crippen molar-refractivity contribution in [2.75, 3.05) is 25.5 Å². The molecule has 0 aliphatic carbocycles. The SMILES string of the molecule is CC(=O)NC(CCCNC(N)=O)C(=O)Nc1ccc(CCN(C)C(C(=O)OCc2ccccc2)C(C)C)cc1. The van der Waals surface area contributed by atoms with Gasteiger partial charge in [-0.1, -0.05) is 56.3 Å². The van der Waals surface area contributed by atoms with Crippen LogP contribution in [0.5, 0.6) is 0 Å². The van der Waals surface area contributed by atoms with Crippen molar-refractivity contribution in [3.63, 3.8) is 0 Å². The van der Waals surface area contributed by atoms with Gasteiger partial charge in [0.15, 0.2) is 0 Å². The smallest absolute Gasteiger partial charge is 0.323 e. The number of primary amides is 1. The number of rotatable bonds is 15. The zero-order valence-corrected chi connectivity index (χ0v) is 23.2. The Morgan fingerprint density at radius 2 is 1.64 bits per heavy atom. The van der Waals surface area contributed by atoms with Crippen molar-refractivity contribution < 1.29 is 23.9 Å². The average molecular weight is 540 g/mol. The summed E-state index contributed by atoms with van der Waals surface area (Å²) in [6, 6.07) is 15.3. The molecule has 212 valence electrons. The van der Waals surface area contributed by atoms with Crippen LogP contribution in [0.15, 0.2) is 54.6 Å². The molecule has 2 rings (SSSR count). The molecule has 4 amide bonds. The van der Waals surface area contributed by atoms with Crippen molar-refractivity contribution >= 4 is 29.5 Å². The first-order valence-corrected chi connectivity index (χ1v) is 13.2. The van der Waals surface area contributed by atoms with E-state index in [9.17, 15) is 19.2 Å². The monoisotopic (exact) mass is 539 g/mol. The molecule has 0 fully saturated rings. The molecule has 5 N–H and O–H groups in total. The fourth-order valence-corrected chi connectivity index (χ4v) is 4.24. The molecule has 0 radical (unpaired) electrons. The third kappa shape index (κ3) is 11.6. The molecule has 10 heteroatoms. The van der Waals surface area contributed by atoms with Crippen molar-refractivity contribution in [3.8, 4) is 0 Å². The standard InChI is InChI=1S/C29H41N5O5/c1-20(2)26(28(37)39-19-23-9-6-5-7-10-23)34(4)18-16-22-12-14-24(15-13-22)33-27(36)25(32-21(3)35)11-8-17-31-29(30)38/h5-7,9-10,12-15,20,25-26H,8,11,16-19H2,1-4H3,(H,32,35)(H,33,36)(H3,30,31,38). The Morgan fingerprint density at radius 1 is 0.974 bits per heavy atom. The molecule has 0 saturated carbocycles. The van der Waals surface area contributed by atoms with Crippen molar-refractivity contribution in [1.29, 1.82) is 0 Å². The van der Waals surface area contributed by atoms with Gasteiger partial charge in [0.2, 0.25) is 11.8 Å². The highest BCUT2D eigenvalue weighted by atomic mass is 16.5. The van der Waals surface area contributed by atoms with E-state index < -0.39 is 12.1 Å². The van der Waals surface area contributed by atoms with E-state index >= 15 is 0 Å². The Hall–Kier alpha value is -3.92. The summed E-state index contributed by atoms with van der Waals surface area (Å²) < 4.78 is 5.59. The number of amides is 4. The molecule has 2 aromatic rings. The summed E-state index contributed by atoms with van der Waals surface area (Å²) in [5, 5.41) is 7.93. The lowest BCUT2D eigenvalue weighted by Crippen LogP contribution is -2.44. The second-order valence-electron chi connectivity index (χ2n) is 9.89. The minimum Gasteiger partial charge on any atom is -0.460 e. The topological polar surface area (TPSA) is 143 Å². The lowest BCUT2D eigenvalue weighted by atomic mass is 10.0. The molecule has 2 aromatic carbocycles. The highest BCUT2D eigenvalue weighted by molar-refractivity contribution is 5.96. The van der Waals surface area contributed by atoms with E-state index in [0.29, 0.717) is 38.0 Å². The van der Waals surface area contributed by atoms with Crippen molar-refractivity contribution in [2.45, 2.75) is 58.7 Å². The summed E-state index contributed by atoms with van der Waals surface area (Å²) in [4.78, 5) is 49.9. The second-order valence-corrected chi connectivity index (χ2v) is 9.89. The first-order valence-electron chi connectivity index (χ1n) is 13.2. The quantitative estimate of drug-likeness (QED) is 0.202. The van der Waals surface area contributed by atoms with Crippen molar-refractivity contribution in [2.24, 2.45) is 11.7 Å². The number of esters is 1. The number of hydrogen-bond acceptors (Lipinski definition) is 6. The molecule has 39 heavy (non-hydrogen) atoms. The zero-order chi connectivity index (χ0) is 28.8. The molecule has 0 heterocycles. The van der Waals surface area contributed by atoms with Crippen molar-refractivity contribution in [3.05, 3.63) is 65.7 Å². The van der Waals surface area contributed by atoms with Gasteiger partial charge in [0.05, 0.1) is 0 Å². The predicted octanol–water partition coefficient (Wildman–Crippen LogP) is 2.82. The first kappa shape index (κ1) is 31.3. The van der Waals surface area contributed by atoms with Crippen LogP contribution in [-0.2, 0) is 32.1 Å². The number of ether oxygens (including phenoxy) is 1. The van der Waals surface area contributed by atoms with Crippen LogP contribution in [0.2, 0.25) is 0 Å². The van der Waals surface area contributed by atoms with E-state index in [1.165, 1.54) is 6.92 Å². The van der Waals surface area contributed by atoms with Gasteiger partial charge >= 0.3 is 12.0 Å². The Morgan fingerprint density at radius 3 is 2.23 bits per heavy atom. The Balaban J connectivity index is 1.88. The molecule has 0 spiro atoms. The molecule has 10 nitrogen and oxygen atoms in total. The number of anilines is 1. The van der Waals surface area contributed by atoms with Crippen LogP contribution >= 0.6 is 0 Å². The molecular weight excluding hydrogens is 498 g/mol. The molecule has 0 aliphatic heterocycles. The predicted molar refractivity (Wildman–Crippen MR) is 151 cm³/mol. The maximum atomic E-state index is 12.8. The fourth-order valence-electron chi connectivity index (χ4n) is 4.24. The molecule has 0 bridgehead atoms. The van der Waals surface area contributed by atoms with Crippen LogP contribution in [0.25, 0.3) is 0 Å². The van der Waals surface area contributed by atoms with Gasteiger partial charge in [-0.25, -0.2) is 4.79 Å². The van der Waals surface area contributed by atoms with E-state index in [0.717, 1.165) is 11.1 Å². The molecule has 0 aromatic heterocycles. The Bertz CT molecular complexity index is 1080. The number of likely N-dealkylation sites (N-methyl/N-ethyl adjacent to an activating group) is 1. The Labute approximate surface area is 230 Å². The molecular formula is C29H41N5O5. The highest BCUT2D eigenvalue weighted by Gasteiger charge is 2.28. The van der Waals surface area contributed by atoms with Crippen LogP contribution in [0.1, 0.15) is 44.7 Å². The molecule has 2 unspecified atom stereocenters. The number of carbonyl (C=O) groups excluding carboxylic acids is 4. The third-order valence-corrected chi connectivity index (χ3v) is 6.21. The molecule has 0 saturated heterocycles. The van der Waals surface area contributed by atoms with Gasteiger partial charge in [-0.2, -0.15) is 0 Å². The van der Waals surface area contributed by atoms with Gasteiger partial charge < -0.3 is 26.4 Å². The largest absolute Gasteiger partial charge is 0.460 e. The number of nitrogens with two attached hydrogens (primary N) is 1. The van der Waals surface area contributed by atoms with Crippen LogP contribution in [-0.4, -0.2) is 60.9 Å². The third-order valence-electron chi connectivity index (χ3n) is 6.21. The first-order chi connectivity index (χ1) is 18.6. The van der Waals surface area contributed by atoms with E-state index in [4.69, 9.17) is 10.5 Å². The van der Waals surface area contributed by atoms with Crippen LogP contribution in [0, 0.1) is 5.92 Å². The number of nitrogens with one attached hydrogen (secondary N) is 3. The number of benzene rings is 2. The van der Waals surface area contributed by atoms with Crippen molar-refractivity contribution in [1.82, 2.24) is 15.5 Å². The van der Waals surface area contributed by atoms with E-state index in [1.54, 1.807) is 12.1 Å². The molecule has 0 aliphatic rings. The van der Waals surface area contributed by atoms with E-state index in [-0.39, 0.29) is 36.4 Å². The van der Waals surface area contributed by atoms with E-state index in [2.05, 4.69) is 16.0 Å². The number of hydrogen-bond donors (Lipinski definition) is 4. The van der Waals surface area contributed by atoms with E-state index in [1.807, 2.05) is 68.3 Å². The highest BCUT2D eigenvalue weighted by Crippen LogP contribution is 2.16. The van der Waals surface area contributed by atoms with Gasteiger partial charge in [0.1, 0.15) is 18.7 Å². The summed E-state index contributed by atoms with van der Waals surface area (Å²) in [6.45, 7) is 6.57. The average Bonchev–Trinajstić information content (AvgIpc) is 2.89. The van der Waals surface area contributed by atoms with Gasteiger partial charge in [-0.15, -0.1) is 0 Å². The van der Waals surface area contributed by atoms with Crippen LogP contribution in [0.3, 0.4) is 0 Å². The number of urea groups is 1. The lowest BCUT2D eigenvalue weighted by molar-refractivity contribution is -0.152. The van der Waals surface area contributed by atoms with Crippen LogP contribution < -0.4 is 21.7 Å².